The molecule has 72 valence electrons. The molecule has 0 fully saturated rings. The molecule has 0 saturated carbocycles. The Morgan fingerprint density at radius 3 is 2.93 bits per heavy atom. The van der Waals surface area contributed by atoms with Gasteiger partial charge in [0.15, 0.2) is 0 Å². The minimum atomic E-state index is -0.0358. The van der Waals surface area contributed by atoms with E-state index in [0.29, 0.717) is 11.9 Å². The summed E-state index contributed by atoms with van der Waals surface area (Å²) in [4.78, 5) is 11.8. The number of aryl methyl sites for hydroxylation is 1. The van der Waals surface area contributed by atoms with Gasteiger partial charge in [0.1, 0.15) is 0 Å². The third kappa shape index (κ3) is 1.35. The Morgan fingerprint density at radius 1 is 1.43 bits per heavy atom. The van der Waals surface area contributed by atoms with Crippen molar-refractivity contribution in [3.05, 3.63) is 39.2 Å². The summed E-state index contributed by atoms with van der Waals surface area (Å²) in [6.07, 6.45) is 1.71. The first-order chi connectivity index (χ1) is 6.74. The largest absolute Gasteiger partial charge is 0.274 e. The Labute approximate surface area is 89.5 Å². The van der Waals surface area contributed by atoms with E-state index in [1.165, 1.54) is 4.68 Å². The molecule has 0 atom stereocenters. The first-order valence-electron chi connectivity index (χ1n) is 4.38. The standard InChI is InChI=1S/C10H9BrN2O/c1-2-13-10(14)7-4-3-5-9(11)8(7)6-12-13/h3-6H,2H2,1H3. The zero-order valence-electron chi connectivity index (χ0n) is 7.70. The highest BCUT2D eigenvalue weighted by atomic mass is 79.9. The van der Waals surface area contributed by atoms with E-state index < -0.39 is 0 Å². The average molecular weight is 253 g/mol. The van der Waals surface area contributed by atoms with Gasteiger partial charge in [0, 0.05) is 16.4 Å². The molecular weight excluding hydrogens is 244 g/mol. The third-order valence-electron chi connectivity index (χ3n) is 2.14. The van der Waals surface area contributed by atoms with Crippen LogP contribution in [0.1, 0.15) is 6.92 Å². The molecule has 0 unspecified atom stereocenters. The molecule has 2 rings (SSSR count). The van der Waals surface area contributed by atoms with Crippen LogP contribution in [-0.4, -0.2) is 9.78 Å². The van der Waals surface area contributed by atoms with Crippen molar-refractivity contribution >= 4 is 26.7 Å². The predicted octanol–water partition coefficient (Wildman–Crippen LogP) is 2.18. The lowest BCUT2D eigenvalue weighted by molar-refractivity contribution is 0.623. The van der Waals surface area contributed by atoms with Gasteiger partial charge < -0.3 is 0 Å². The summed E-state index contributed by atoms with van der Waals surface area (Å²) >= 11 is 3.39. The molecule has 3 nitrogen and oxygen atoms in total. The summed E-state index contributed by atoms with van der Waals surface area (Å²) in [5.41, 5.74) is -0.0358. The van der Waals surface area contributed by atoms with E-state index in [1.54, 1.807) is 6.20 Å². The highest BCUT2D eigenvalue weighted by Crippen LogP contribution is 2.19. The van der Waals surface area contributed by atoms with Crippen LogP contribution in [0.2, 0.25) is 0 Å². The second kappa shape index (κ2) is 3.53. The van der Waals surface area contributed by atoms with Gasteiger partial charge in [-0.2, -0.15) is 5.10 Å². The molecule has 1 aromatic carbocycles. The fourth-order valence-corrected chi connectivity index (χ4v) is 1.87. The van der Waals surface area contributed by atoms with Gasteiger partial charge in [-0.3, -0.25) is 4.79 Å². The van der Waals surface area contributed by atoms with Gasteiger partial charge in [-0.25, -0.2) is 4.68 Å². The Balaban J connectivity index is 2.91. The zero-order valence-corrected chi connectivity index (χ0v) is 9.28. The normalized spacial score (nSPS) is 10.7. The van der Waals surface area contributed by atoms with Gasteiger partial charge in [0.05, 0.1) is 11.6 Å². The molecule has 0 N–H and O–H groups in total. The van der Waals surface area contributed by atoms with E-state index >= 15 is 0 Å². The summed E-state index contributed by atoms with van der Waals surface area (Å²) in [7, 11) is 0. The van der Waals surface area contributed by atoms with Crippen LogP contribution in [0.5, 0.6) is 0 Å². The van der Waals surface area contributed by atoms with Gasteiger partial charge in [-0.15, -0.1) is 0 Å². The lowest BCUT2D eigenvalue weighted by Gasteiger charge is -2.03. The SMILES string of the molecule is CCn1ncc2c(Br)cccc2c1=O. The van der Waals surface area contributed by atoms with Crippen LogP contribution in [0.15, 0.2) is 33.7 Å². The fourth-order valence-electron chi connectivity index (χ4n) is 1.40. The molecule has 1 aromatic heterocycles. The Hall–Kier alpha value is -1.16. The molecule has 0 aliphatic rings. The van der Waals surface area contributed by atoms with E-state index in [4.69, 9.17) is 0 Å². The topological polar surface area (TPSA) is 34.9 Å². The van der Waals surface area contributed by atoms with E-state index in [-0.39, 0.29) is 5.56 Å². The Bertz CT molecular complexity index is 533. The Kier molecular flexibility index (Phi) is 2.37. The summed E-state index contributed by atoms with van der Waals surface area (Å²) in [5, 5.41) is 5.63. The van der Waals surface area contributed by atoms with Crippen LogP contribution in [-0.2, 0) is 6.54 Å². The molecule has 1 heterocycles. The minimum Gasteiger partial charge on any atom is -0.267 e. The van der Waals surface area contributed by atoms with Gasteiger partial charge >= 0.3 is 0 Å². The van der Waals surface area contributed by atoms with Gasteiger partial charge in [-0.05, 0) is 19.1 Å². The van der Waals surface area contributed by atoms with Crippen LogP contribution < -0.4 is 5.56 Å². The molecule has 0 radical (unpaired) electrons. The van der Waals surface area contributed by atoms with E-state index in [1.807, 2.05) is 25.1 Å². The van der Waals surface area contributed by atoms with Crippen LogP contribution >= 0.6 is 15.9 Å². The number of nitrogens with zero attached hydrogens (tertiary/aromatic N) is 2. The van der Waals surface area contributed by atoms with Crippen LogP contribution in [0.3, 0.4) is 0 Å². The number of aromatic nitrogens is 2. The highest BCUT2D eigenvalue weighted by molar-refractivity contribution is 9.10. The first kappa shape index (κ1) is 9.40. The van der Waals surface area contributed by atoms with Gasteiger partial charge in [-0.1, -0.05) is 22.0 Å². The number of hydrogen-bond donors (Lipinski definition) is 0. The van der Waals surface area contributed by atoms with Gasteiger partial charge in [0.25, 0.3) is 5.56 Å². The maximum atomic E-state index is 11.8. The second-order valence-corrected chi connectivity index (χ2v) is 3.82. The number of rotatable bonds is 1. The number of fused-ring (bicyclic) bond motifs is 1. The quantitative estimate of drug-likeness (QED) is 0.780. The number of halogens is 1. The monoisotopic (exact) mass is 252 g/mol. The molecule has 0 amide bonds. The molecule has 0 bridgehead atoms. The zero-order chi connectivity index (χ0) is 10.1. The average Bonchev–Trinajstić information content (AvgIpc) is 2.20. The molecule has 2 aromatic rings. The third-order valence-corrected chi connectivity index (χ3v) is 2.84. The predicted molar refractivity (Wildman–Crippen MR) is 59.4 cm³/mol. The Morgan fingerprint density at radius 2 is 2.21 bits per heavy atom. The summed E-state index contributed by atoms with van der Waals surface area (Å²) < 4.78 is 2.36. The maximum absolute atomic E-state index is 11.8. The van der Waals surface area contributed by atoms with Crippen molar-refractivity contribution in [1.82, 2.24) is 9.78 Å². The van der Waals surface area contributed by atoms with E-state index in [2.05, 4.69) is 21.0 Å². The molecule has 4 heteroatoms. The van der Waals surface area contributed by atoms with Crippen molar-refractivity contribution in [2.24, 2.45) is 0 Å². The smallest absolute Gasteiger partial charge is 0.267 e. The summed E-state index contributed by atoms with van der Waals surface area (Å²) in [5.74, 6) is 0. The van der Waals surface area contributed by atoms with E-state index in [0.717, 1.165) is 9.86 Å². The van der Waals surface area contributed by atoms with Crippen molar-refractivity contribution in [3.63, 3.8) is 0 Å². The van der Waals surface area contributed by atoms with Crippen LogP contribution in [0.4, 0.5) is 0 Å². The molecule has 0 saturated heterocycles. The maximum Gasteiger partial charge on any atom is 0.274 e. The number of hydrogen-bond acceptors (Lipinski definition) is 2. The lowest BCUT2D eigenvalue weighted by atomic mass is 10.2. The van der Waals surface area contributed by atoms with Crippen molar-refractivity contribution in [2.75, 3.05) is 0 Å². The number of benzene rings is 1. The highest BCUT2D eigenvalue weighted by Gasteiger charge is 2.04. The van der Waals surface area contributed by atoms with E-state index in [9.17, 15) is 4.79 Å². The minimum absolute atomic E-state index is 0.0358. The second-order valence-electron chi connectivity index (χ2n) is 2.97. The summed E-state index contributed by atoms with van der Waals surface area (Å²) in [6, 6.07) is 5.57. The van der Waals surface area contributed by atoms with Crippen molar-refractivity contribution in [2.45, 2.75) is 13.5 Å². The molecular formula is C10H9BrN2O. The van der Waals surface area contributed by atoms with Crippen LogP contribution in [0, 0.1) is 0 Å². The molecule has 14 heavy (non-hydrogen) atoms. The van der Waals surface area contributed by atoms with Crippen molar-refractivity contribution in [1.29, 1.82) is 0 Å². The summed E-state index contributed by atoms with van der Waals surface area (Å²) in [6.45, 7) is 2.50. The van der Waals surface area contributed by atoms with Crippen molar-refractivity contribution < 1.29 is 0 Å². The van der Waals surface area contributed by atoms with Crippen molar-refractivity contribution in [3.8, 4) is 0 Å². The van der Waals surface area contributed by atoms with Gasteiger partial charge in [0.2, 0.25) is 0 Å². The molecule has 0 spiro atoms. The first-order valence-corrected chi connectivity index (χ1v) is 5.17. The molecule has 0 aliphatic carbocycles. The molecule has 0 aliphatic heterocycles. The van der Waals surface area contributed by atoms with Crippen LogP contribution in [0.25, 0.3) is 10.8 Å². The lowest BCUT2D eigenvalue weighted by Crippen LogP contribution is -2.21. The fraction of sp³-hybridized carbons (Fsp3) is 0.200.